The molecule has 3 rings (SSSR count). The molecule has 0 spiro atoms. The summed E-state index contributed by atoms with van der Waals surface area (Å²) in [6, 6.07) is 6.88. The minimum absolute atomic E-state index is 0.189. The van der Waals surface area contributed by atoms with Gasteiger partial charge in [-0.1, -0.05) is 18.6 Å². The minimum atomic E-state index is -0.915. The van der Waals surface area contributed by atoms with E-state index in [2.05, 4.69) is 5.32 Å². The second-order valence-electron chi connectivity index (χ2n) is 5.83. The molecule has 2 N–H and O–H groups in total. The van der Waals surface area contributed by atoms with Crippen LogP contribution in [0.15, 0.2) is 24.3 Å². The number of benzene rings is 1. The third-order valence-electron chi connectivity index (χ3n) is 4.60. The maximum absolute atomic E-state index is 12.0. The molecule has 1 aromatic rings. The van der Waals surface area contributed by atoms with Crippen LogP contribution in [0.5, 0.6) is 0 Å². The van der Waals surface area contributed by atoms with Crippen molar-refractivity contribution in [1.82, 2.24) is 5.32 Å². The molecule has 106 valence electrons. The SMILES string of the molecule is O=C(O)c1cccc(CCNC(=O)C2C3CCCC32)c1. The fraction of sp³-hybridized carbons (Fsp3) is 0.500. The lowest BCUT2D eigenvalue weighted by molar-refractivity contribution is -0.123. The highest BCUT2D eigenvalue weighted by atomic mass is 16.4. The molecule has 2 atom stereocenters. The summed E-state index contributed by atoms with van der Waals surface area (Å²) >= 11 is 0. The summed E-state index contributed by atoms with van der Waals surface area (Å²) in [5.41, 5.74) is 1.24. The van der Waals surface area contributed by atoms with Gasteiger partial charge in [0.2, 0.25) is 5.91 Å². The van der Waals surface area contributed by atoms with Crippen molar-refractivity contribution in [3.05, 3.63) is 35.4 Å². The van der Waals surface area contributed by atoms with Crippen LogP contribution in [-0.4, -0.2) is 23.5 Å². The topological polar surface area (TPSA) is 66.4 Å². The van der Waals surface area contributed by atoms with Crippen LogP contribution in [0, 0.1) is 17.8 Å². The molecule has 0 aliphatic heterocycles. The van der Waals surface area contributed by atoms with Crippen LogP contribution in [-0.2, 0) is 11.2 Å². The Hall–Kier alpha value is -1.84. The minimum Gasteiger partial charge on any atom is -0.478 e. The molecule has 1 amide bonds. The highest BCUT2D eigenvalue weighted by Crippen LogP contribution is 2.57. The highest BCUT2D eigenvalue weighted by Gasteiger charge is 2.56. The third-order valence-corrected chi connectivity index (χ3v) is 4.60. The molecule has 1 aromatic carbocycles. The number of nitrogens with one attached hydrogen (secondary N) is 1. The Kier molecular flexibility index (Phi) is 3.47. The zero-order valence-corrected chi connectivity index (χ0v) is 11.3. The number of hydrogen-bond acceptors (Lipinski definition) is 2. The van der Waals surface area contributed by atoms with Crippen LogP contribution in [0.2, 0.25) is 0 Å². The average molecular weight is 273 g/mol. The van der Waals surface area contributed by atoms with E-state index in [0.717, 1.165) is 5.56 Å². The Bertz CT molecular complexity index is 530. The monoisotopic (exact) mass is 273 g/mol. The zero-order chi connectivity index (χ0) is 14.1. The van der Waals surface area contributed by atoms with Gasteiger partial charge in [-0.05, 0) is 48.8 Å². The number of amides is 1. The lowest BCUT2D eigenvalue weighted by Gasteiger charge is -2.07. The maximum Gasteiger partial charge on any atom is 0.335 e. The molecule has 0 aromatic heterocycles. The lowest BCUT2D eigenvalue weighted by Crippen LogP contribution is -2.28. The average Bonchev–Trinajstić information content (AvgIpc) is 2.92. The molecule has 0 saturated heterocycles. The first-order chi connectivity index (χ1) is 9.66. The largest absolute Gasteiger partial charge is 0.478 e. The Morgan fingerprint density at radius 1 is 1.25 bits per heavy atom. The zero-order valence-electron chi connectivity index (χ0n) is 11.3. The molecule has 0 radical (unpaired) electrons. The number of rotatable bonds is 5. The van der Waals surface area contributed by atoms with Crippen molar-refractivity contribution in [1.29, 1.82) is 0 Å². The Morgan fingerprint density at radius 2 is 2.00 bits per heavy atom. The third kappa shape index (κ3) is 2.55. The quantitative estimate of drug-likeness (QED) is 0.863. The first kappa shape index (κ1) is 13.2. The van der Waals surface area contributed by atoms with E-state index in [1.54, 1.807) is 18.2 Å². The number of carbonyl (C=O) groups excluding carboxylic acids is 1. The van der Waals surface area contributed by atoms with E-state index >= 15 is 0 Å². The van der Waals surface area contributed by atoms with Gasteiger partial charge in [0, 0.05) is 12.5 Å². The normalized spacial score (nSPS) is 26.9. The molecule has 0 heterocycles. The second kappa shape index (κ2) is 5.27. The number of aromatic carboxylic acids is 1. The standard InChI is InChI=1S/C16H19NO3/c18-15(14-12-5-2-6-13(12)14)17-8-7-10-3-1-4-11(9-10)16(19)20/h1,3-4,9,12-14H,2,5-8H2,(H,17,18)(H,19,20). The number of hydrogen-bond donors (Lipinski definition) is 2. The predicted molar refractivity (Wildman–Crippen MR) is 74.4 cm³/mol. The number of carboxylic acids is 1. The summed E-state index contributed by atoms with van der Waals surface area (Å²) in [6.07, 6.45) is 4.38. The van der Waals surface area contributed by atoms with Crippen LogP contribution < -0.4 is 5.32 Å². The molecule has 4 nitrogen and oxygen atoms in total. The first-order valence-corrected chi connectivity index (χ1v) is 7.27. The second-order valence-corrected chi connectivity index (χ2v) is 5.83. The molecule has 4 heteroatoms. The van der Waals surface area contributed by atoms with E-state index in [-0.39, 0.29) is 11.8 Å². The van der Waals surface area contributed by atoms with Gasteiger partial charge in [0.05, 0.1) is 5.56 Å². The summed E-state index contributed by atoms with van der Waals surface area (Å²) in [4.78, 5) is 22.9. The molecule has 20 heavy (non-hydrogen) atoms. The van der Waals surface area contributed by atoms with Gasteiger partial charge in [-0.2, -0.15) is 0 Å². The van der Waals surface area contributed by atoms with Gasteiger partial charge >= 0.3 is 5.97 Å². The van der Waals surface area contributed by atoms with Crippen LogP contribution in [0.4, 0.5) is 0 Å². The Labute approximate surface area is 118 Å². The highest BCUT2D eigenvalue weighted by molar-refractivity contribution is 5.87. The number of carboxylic acid groups (broad SMARTS) is 1. The molecule has 2 fully saturated rings. The van der Waals surface area contributed by atoms with Crippen molar-refractivity contribution in [2.45, 2.75) is 25.7 Å². The van der Waals surface area contributed by atoms with E-state index < -0.39 is 5.97 Å². The van der Waals surface area contributed by atoms with E-state index in [0.29, 0.717) is 30.4 Å². The molecule has 2 saturated carbocycles. The summed E-state index contributed by atoms with van der Waals surface area (Å²) in [6.45, 7) is 0.581. The molecular weight excluding hydrogens is 254 g/mol. The first-order valence-electron chi connectivity index (χ1n) is 7.27. The molecule has 2 aliphatic carbocycles. The van der Waals surface area contributed by atoms with Crippen molar-refractivity contribution in [3.8, 4) is 0 Å². The lowest BCUT2D eigenvalue weighted by atomic mass is 10.1. The molecule has 2 aliphatic rings. The molecule has 2 unspecified atom stereocenters. The van der Waals surface area contributed by atoms with E-state index in [4.69, 9.17) is 5.11 Å². The maximum atomic E-state index is 12.0. The number of fused-ring (bicyclic) bond motifs is 1. The van der Waals surface area contributed by atoms with Crippen molar-refractivity contribution < 1.29 is 14.7 Å². The van der Waals surface area contributed by atoms with Crippen LogP contribution >= 0.6 is 0 Å². The van der Waals surface area contributed by atoms with Gasteiger partial charge in [-0.3, -0.25) is 4.79 Å². The Morgan fingerprint density at radius 3 is 2.70 bits per heavy atom. The summed E-state index contributed by atoms with van der Waals surface area (Å²) in [7, 11) is 0. The van der Waals surface area contributed by atoms with Crippen LogP contribution in [0.3, 0.4) is 0 Å². The van der Waals surface area contributed by atoms with E-state index in [1.807, 2.05) is 6.07 Å². The molecule has 0 bridgehead atoms. The van der Waals surface area contributed by atoms with Gasteiger partial charge in [-0.25, -0.2) is 4.79 Å². The van der Waals surface area contributed by atoms with Gasteiger partial charge in [0.1, 0.15) is 0 Å². The van der Waals surface area contributed by atoms with Gasteiger partial charge in [0.25, 0.3) is 0 Å². The number of carbonyl (C=O) groups is 2. The van der Waals surface area contributed by atoms with Gasteiger partial charge in [0.15, 0.2) is 0 Å². The smallest absolute Gasteiger partial charge is 0.335 e. The summed E-state index contributed by atoms with van der Waals surface area (Å²) < 4.78 is 0. The molecular formula is C16H19NO3. The fourth-order valence-electron chi connectivity index (χ4n) is 3.52. The fourth-order valence-corrected chi connectivity index (χ4v) is 3.52. The summed E-state index contributed by atoms with van der Waals surface area (Å²) in [5.74, 6) is 0.820. The van der Waals surface area contributed by atoms with Gasteiger partial charge < -0.3 is 10.4 Å². The van der Waals surface area contributed by atoms with Crippen molar-refractivity contribution in [3.63, 3.8) is 0 Å². The van der Waals surface area contributed by atoms with Crippen molar-refractivity contribution in [2.24, 2.45) is 17.8 Å². The van der Waals surface area contributed by atoms with Gasteiger partial charge in [-0.15, -0.1) is 0 Å². The Balaban J connectivity index is 1.47. The van der Waals surface area contributed by atoms with Crippen molar-refractivity contribution >= 4 is 11.9 Å². The van der Waals surface area contributed by atoms with E-state index in [1.165, 1.54) is 19.3 Å². The van der Waals surface area contributed by atoms with E-state index in [9.17, 15) is 9.59 Å². The van der Waals surface area contributed by atoms with Crippen LogP contribution in [0.25, 0.3) is 0 Å². The van der Waals surface area contributed by atoms with Crippen molar-refractivity contribution in [2.75, 3.05) is 6.54 Å². The predicted octanol–water partition coefficient (Wildman–Crippen LogP) is 2.09. The summed E-state index contributed by atoms with van der Waals surface area (Å²) in [5, 5.41) is 11.9. The van der Waals surface area contributed by atoms with Crippen LogP contribution in [0.1, 0.15) is 35.2 Å².